The molecule has 3 rings (SSSR count). The summed E-state index contributed by atoms with van der Waals surface area (Å²) >= 11 is 0. The predicted molar refractivity (Wildman–Crippen MR) is 83.1 cm³/mol. The summed E-state index contributed by atoms with van der Waals surface area (Å²) in [6.45, 7) is 0. The first-order chi connectivity index (χ1) is 11.2. The molecule has 1 aromatic heterocycles. The molecule has 2 aromatic carbocycles. The van der Waals surface area contributed by atoms with Crippen LogP contribution in [0.25, 0.3) is 10.9 Å². The number of para-hydroxylation sites is 1. The number of aromatic nitrogens is 1. The van der Waals surface area contributed by atoms with Crippen molar-refractivity contribution < 1.29 is 14.0 Å². The van der Waals surface area contributed by atoms with Crippen LogP contribution in [-0.4, -0.2) is 16.8 Å². The fourth-order valence-electron chi connectivity index (χ4n) is 2.18. The summed E-state index contributed by atoms with van der Waals surface area (Å²) in [4.78, 5) is 28.3. The van der Waals surface area contributed by atoms with Gasteiger partial charge in [0.15, 0.2) is 0 Å². The Labute approximate surface area is 131 Å². The number of carbonyl (C=O) groups is 2. The highest BCUT2D eigenvalue weighted by Crippen LogP contribution is 2.15. The first-order valence-corrected chi connectivity index (χ1v) is 6.86. The molecule has 0 aliphatic carbocycles. The number of nitrogens with one attached hydrogen (secondary N) is 2. The van der Waals surface area contributed by atoms with Crippen LogP contribution in [0.15, 0.2) is 60.8 Å². The molecule has 0 aliphatic rings. The Morgan fingerprint density at radius 2 is 1.48 bits per heavy atom. The molecule has 2 N–H and O–H groups in total. The lowest BCUT2D eigenvalue weighted by atomic mass is 10.1. The van der Waals surface area contributed by atoms with Crippen molar-refractivity contribution >= 4 is 22.7 Å². The molecular formula is C17H12FN3O2. The quantitative estimate of drug-likeness (QED) is 0.714. The summed E-state index contributed by atoms with van der Waals surface area (Å²) in [6.07, 6.45) is 1.58. The second kappa shape index (κ2) is 6.23. The average molecular weight is 309 g/mol. The lowest BCUT2D eigenvalue weighted by Gasteiger charge is -2.09. The number of hydrazine groups is 1. The van der Waals surface area contributed by atoms with Gasteiger partial charge in [0, 0.05) is 11.6 Å². The minimum Gasteiger partial charge on any atom is -0.267 e. The van der Waals surface area contributed by atoms with E-state index < -0.39 is 17.6 Å². The van der Waals surface area contributed by atoms with E-state index in [1.165, 1.54) is 24.3 Å². The molecule has 114 valence electrons. The largest absolute Gasteiger partial charge is 0.272 e. The highest BCUT2D eigenvalue weighted by Gasteiger charge is 2.14. The predicted octanol–water partition coefficient (Wildman–Crippen LogP) is 2.45. The minimum atomic E-state index is -0.732. The van der Waals surface area contributed by atoms with Gasteiger partial charge in [-0.3, -0.25) is 25.4 Å². The molecule has 0 atom stereocenters. The number of hydrogen-bond acceptors (Lipinski definition) is 3. The van der Waals surface area contributed by atoms with E-state index in [9.17, 15) is 14.0 Å². The van der Waals surface area contributed by atoms with Crippen molar-refractivity contribution in [3.63, 3.8) is 0 Å². The number of halogens is 1. The molecule has 2 amide bonds. The second-order valence-corrected chi connectivity index (χ2v) is 4.77. The highest BCUT2D eigenvalue weighted by atomic mass is 19.1. The first kappa shape index (κ1) is 14.6. The number of nitrogens with zero attached hydrogens (tertiary/aromatic N) is 1. The van der Waals surface area contributed by atoms with Crippen LogP contribution in [0.1, 0.15) is 20.7 Å². The van der Waals surface area contributed by atoms with Gasteiger partial charge in [-0.05, 0) is 24.3 Å². The molecule has 6 heteroatoms. The Morgan fingerprint density at radius 1 is 0.826 bits per heavy atom. The minimum absolute atomic E-state index is 0.149. The SMILES string of the molecule is O=C(NNC(=O)c1cccc2cccnc12)c1ccccc1F. The molecule has 5 nitrogen and oxygen atoms in total. The Balaban J connectivity index is 1.77. The zero-order chi connectivity index (χ0) is 16.2. The van der Waals surface area contributed by atoms with Crippen LogP contribution in [0.2, 0.25) is 0 Å². The van der Waals surface area contributed by atoms with Crippen molar-refractivity contribution in [3.05, 3.63) is 77.7 Å². The molecule has 0 aliphatic heterocycles. The fourth-order valence-corrected chi connectivity index (χ4v) is 2.18. The number of pyridine rings is 1. The number of amides is 2. The van der Waals surface area contributed by atoms with Crippen molar-refractivity contribution in [2.75, 3.05) is 0 Å². The van der Waals surface area contributed by atoms with Crippen molar-refractivity contribution in [1.29, 1.82) is 0 Å². The number of benzene rings is 2. The van der Waals surface area contributed by atoms with Crippen molar-refractivity contribution in [3.8, 4) is 0 Å². The van der Waals surface area contributed by atoms with Crippen LogP contribution in [-0.2, 0) is 0 Å². The van der Waals surface area contributed by atoms with Crippen LogP contribution in [0.5, 0.6) is 0 Å². The van der Waals surface area contributed by atoms with E-state index >= 15 is 0 Å². The monoisotopic (exact) mass is 309 g/mol. The van der Waals surface area contributed by atoms with E-state index in [0.29, 0.717) is 11.1 Å². The van der Waals surface area contributed by atoms with E-state index in [4.69, 9.17) is 0 Å². The highest BCUT2D eigenvalue weighted by molar-refractivity contribution is 6.06. The van der Waals surface area contributed by atoms with Gasteiger partial charge in [-0.1, -0.05) is 30.3 Å². The number of carbonyl (C=O) groups excluding carboxylic acids is 2. The average Bonchev–Trinajstić information content (AvgIpc) is 2.59. The van der Waals surface area contributed by atoms with Gasteiger partial charge in [-0.25, -0.2) is 4.39 Å². The first-order valence-electron chi connectivity index (χ1n) is 6.86. The third-order valence-electron chi connectivity index (χ3n) is 3.29. The molecule has 23 heavy (non-hydrogen) atoms. The van der Waals surface area contributed by atoms with Gasteiger partial charge >= 0.3 is 0 Å². The third-order valence-corrected chi connectivity index (χ3v) is 3.29. The van der Waals surface area contributed by atoms with E-state index in [1.54, 1.807) is 24.4 Å². The topological polar surface area (TPSA) is 71.1 Å². The lowest BCUT2D eigenvalue weighted by molar-refractivity contribution is 0.0845. The Hall–Kier alpha value is -3.28. The summed E-state index contributed by atoms with van der Waals surface area (Å²) in [7, 11) is 0. The molecule has 0 fully saturated rings. The van der Waals surface area contributed by atoms with Gasteiger partial charge in [0.1, 0.15) is 5.82 Å². The van der Waals surface area contributed by atoms with Crippen LogP contribution in [0.4, 0.5) is 4.39 Å². The summed E-state index contributed by atoms with van der Waals surface area (Å²) in [5, 5.41) is 0.806. The fraction of sp³-hybridized carbons (Fsp3) is 0. The van der Waals surface area contributed by atoms with E-state index in [2.05, 4.69) is 15.8 Å². The zero-order valence-electron chi connectivity index (χ0n) is 11.9. The molecule has 0 saturated carbocycles. The summed E-state index contributed by atoms with van der Waals surface area (Å²) in [5.74, 6) is -1.92. The smallest absolute Gasteiger partial charge is 0.267 e. The van der Waals surface area contributed by atoms with E-state index in [0.717, 1.165) is 5.39 Å². The van der Waals surface area contributed by atoms with Gasteiger partial charge in [-0.2, -0.15) is 0 Å². The molecule has 0 spiro atoms. The van der Waals surface area contributed by atoms with Crippen LogP contribution in [0, 0.1) is 5.82 Å². The molecule has 0 radical (unpaired) electrons. The van der Waals surface area contributed by atoms with Gasteiger partial charge in [0.05, 0.1) is 16.6 Å². The van der Waals surface area contributed by atoms with Gasteiger partial charge < -0.3 is 0 Å². The molecule has 0 unspecified atom stereocenters. The van der Waals surface area contributed by atoms with Crippen molar-refractivity contribution in [2.24, 2.45) is 0 Å². The maximum atomic E-state index is 13.5. The summed E-state index contributed by atoms with van der Waals surface area (Å²) in [6, 6.07) is 14.3. The maximum Gasteiger partial charge on any atom is 0.272 e. The normalized spacial score (nSPS) is 10.3. The number of fused-ring (bicyclic) bond motifs is 1. The Kier molecular flexibility index (Phi) is 3.97. The van der Waals surface area contributed by atoms with Gasteiger partial charge in [0.25, 0.3) is 11.8 Å². The Morgan fingerprint density at radius 3 is 2.26 bits per heavy atom. The third kappa shape index (κ3) is 3.01. The standard InChI is InChI=1S/C17H12FN3O2/c18-14-9-2-1-7-12(14)16(22)20-21-17(23)13-8-3-5-11-6-4-10-19-15(11)13/h1-10H,(H,20,22)(H,21,23). The summed E-state index contributed by atoms with van der Waals surface area (Å²) in [5.41, 5.74) is 5.16. The molecule has 0 bridgehead atoms. The zero-order valence-corrected chi connectivity index (χ0v) is 11.9. The summed E-state index contributed by atoms with van der Waals surface area (Å²) < 4.78 is 13.5. The lowest BCUT2D eigenvalue weighted by Crippen LogP contribution is -2.42. The number of hydrogen-bond donors (Lipinski definition) is 2. The van der Waals surface area contributed by atoms with Gasteiger partial charge in [0.2, 0.25) is 0 Å². The molecule has 3 aromatic rings. The second-order valence-electron chi connectivity index (χ2n) is 4.77. The van der Waals surface area contributed by atoms with Crippen LogP contribution < -0.4 is 10.9 Å². The number of rotatable bonds is 2. The van der Waals surface area contributed by atoms with Crippen LogP contribution in [0.3, 0.4) is 0 Å². The van der Waals surface area contributed by atoms with E-state index in [1.807, 2.05) is 12.1 Å². The van der Waals surface area contributed by atoms with Crippen molar-refractivity contribution in [2.45, 2.75) is 0 Å². The molecule has 0 saturated heterocycles. The maximum absolute atomic E-state index is 13.5. The molecular weight excluding hydrogens is 297 g/mol. The van der Waals surface area contributed by atoms with Crippen LogP contribution >= 0.6 is 0 Å². The van der Waals surface area contributed by atoms with Gasteiger partial charge in [-0.15, -0.1) is 0 Å². The Bertz CT molecular complexity index is 890. The van der Waals surface area contributed by atoms with E-state index in [-0.39, 0.29) is 5.56 Å². The molecule has 1 heterocycles. The van der Waals surface area contributed by atoms with Crippen molar-refractivity contribution in [1.82, 2.24) is 15.8 Å².